The summed E-state index contributed by atoms with van der Waals surface area (Å²) in [6.45, 7) is 9.84. The first kappa shape index (κ1) is 41.3. The van der Waals surface area contributed by atoms with Gasteiger partial charge in [-0.15, -0.1) is 0 Å². The van der Waals surface area contributed by atoms with Crippen molar-refractivity contribution < 1.29 is 28.8 Å². The highest BCUT2D eigenvalue weighted by molar-refractivity contribution is 6.38. The van der Waals surface area contributed by atoms with E-state index in [0.717, 1.165) is 77.0 Å². The molecule has 0 spiro atoms. The van der Waals surface area contributed by atoms with Crippen LogP contribution in [0.4, 0.5) is 0 Å². The molecule has 3 aliphatic carbocycles. The Balaban J connectivity index is 1.33. The maximum atomic E-state index is 14.7. The Kier molecular flexibility index (Phi) is 14.2. The Morgan fingerprint density at radius 3 is 2.09 bits per heavy atom. The molecule has 4 fully saturated rings. The molecule has 0 radical (unpaired) electrons. The number of nitrogens with zero attached hydrogens (tertiary/aromatic N) is 3. The lowest BCUT2D eigenvalue weighted by atomic mass is 9.82. The van der Waals surface area contributed by atoms with E-state index in [4.69, 9.17) is 0 Å². The van der Waals surface area contributed by atoms with Crippen LogP contribution in [0.3, 0.4) is 0 Å². The van der Waals surface area contributed by atoms with Gasteiger partial charge in [-0.05, 0) is 81.0 Å². The second-order valence-corrected chi connectivity index (χ2v) is 17.4. The molecule has 1 aromatic rings. The molecule has 1 aliphatic heterocycles. The number of hydrogen-bond acceptors (Lipinski definition) is 8. The van der Waals surface area contributed by atoms with Crippen LogP contribution in [-0.4, -0.2) is 86.9 Å². The average molecular weight is 750 g/mol. The van der Waals surface area contributed by atoms with Crippen molar-refractivity contribution in [2.45, 2.75) is 161 Å². The molecule has 1 saturated heterocycles. The number of likely N-dealkylation sites (tertiary alicyclic amines) is 1. The topological polar surface area (TPSA) is 180 Å². The number of ketones is 1. The van der Waals surface area contributed by atoms with E-state index < -0.39 is 59.0 Å². The second kappa shape index (κ2) is 18.6. The zero-order chi connectivity index (χ0) is 39.0. The van der Waals surface area contributed by atoms with Crippen LogP contribution < -0.4 is 21.3 Å². The van der Waals surface area contributed by atoms with Gasteiger partial charge in [0.2, 0.25) is 23.5 Å². The summed E-state index contributed by atoms with van der Waals surface area (Å²) in [6, 6.07) is -3.87. The summed E-state index contributed by atoms with van der Waals surface area (Å²) in [5.74, 6) is -2.88. The third-order valence-corrected chi connectivity index (χ3v) is 12.5. The van der Waals surface area contributed by atoms with E-state index in [-0.39, 0.29) is 35.4 Å². The van der Waals surface area contributed by atoms with Crippen LogP contribution in [0.25, 0.3) is 0 Å². The summed E-state index contributed by atoms with van der Waals surface area (Å²) in [6.07, 6.45) is 17.6. The Morgan fingerprint density at radius 2 is 1.48 bits per heavy atom. The van der Waals surface area contributed by atoms with Crippen LogP contribution in [0.1, 0.15) is 141 Å². The molecule has 7 atom stereocenters. The number of nitrogens with one attached hydrogen (secondary N) is 4. The van der Waals surface area contributed by atoms with Crippen LogP contribution >= 0.6 is 0 Å². The van der Waals surface area contributed by atoms with Crippen molar-refractivity contribution >= 4 is 35.3 Å². The molecular weight excluding hydrogens is 686 g/mol. The van der Waals surface area contributed by atoms with Gasteiger partial charge in [-0.25, -0.2) is 4.98 Å². The third kappa shape index (κ3) is 10.0. The van der Waals surface area contributed by atoms with Gasteiger partial charge in [0.05, 0.1) is 12.2 Å². The molecule has 3 saturated carbocycles. The van der Waals surface area contributed by atoms with Crippen LogP contribution in [0.2, 0.25) is 0 Å². The van der Waals surface area contributed by atoms with Crippen LogP contribution in [-0.2, 0) is 24.0 Å². The number of hydrogen-bond donors (Lipinski definition) is 4. The fourth-order valence-corrected chi connectivity index (χ4v) is 9.41. The predicted octanol–water partition coefficient (Wildman–Crippen LogP) is 4.25. The van der Waals surface area contributed by atoms with Gasteiger partial charge in [-0.3, -0.25) is 33.8 Å². The Bertz CT molecular complexity index is 1490. The lowest BCUT2D eigenvalue weighted by Crippen LogP contribution is -2.62. The molecule has 13 nitrogen and oxygen atoms in total. The first-order valence-corrected chi connectivity index (χ1v) is 20.6. The fraction of sp³-hybridized carbons (Fsp3) is 0.756. The van der Waals surface area contributed by atoms with Crippen molar-refractivity contribution in [3.63, 3.8) is 0 Å². The minimum atomic E-state index is -1.01. The van der Waals surface area contributed by atoms with Crippen LogP contribution in [0, 0.1) is 29.1 Å². The molecule has 0 unspecified atom stereocenters. The second-order valence-electron chi connectivity index (χ2n) is 17.4. The largest absolute Gasteiger partial charge is 0.347 e. The van der Waals surface area contributed by atoms with Gasteiger partial charge in [0.15, 0.2) is 0 Å². The van der Waals surface area contributed by atoms with Crippen LogP contribution in [0.15, 0.2) is 18.6 Å². The molecule has 298 valence electrons. The molecule has 0 aromatic carbocycles. The smallest absolute Gasteiger partial charge is 0.289 e. The Labute approximate surface area is 320 Å². The third-order valence-electron chi connectivity index (χ3n) is 12.5. The number of aromatic nitrogens is 2. The number of rotatable bonds is 14. The molecule has 5 amide bonds. The van der Waals surface area contributed by atoms with Gasteiger partial charge in [0.1, 0.15) is 23.8 Å². The van der Waals surface area contributed by atoms with E-state index in [1.165, 1.54) is 25.0 Å². The molecule has 13 heteroatoms. The summed E-state index contributed by atoms with van der Waals surface area (Å²) in [5.41, 5.74) is -0.645. The summed E-state index contributed by atoms with van der Waals surface area (Å²) >= 11 is 0. The zero-order valence-electron chi connectivity index (χ0n) is 33.0. The van der Waals surface area contributed by atoms with Gasteiger partial charge < -0.3 is 26.2 Å². The highest BCUT2D eigenvalue weighted by atomic mass is 16.2. The van der Waals surface area contributed by atoms with Gasteiger partial charge in [-0.1, -0.05) is 79.1 Å². The molecule has 2 heterocycles. The lowest BCUT2D eigenvalue weighted by Gasteiger charge is -2.38. The molecule has 1 aromatic heterocycles. The number of amides is 5. The number of Topliss-reactive ketones (excluding diaryl/α,β-unsaturated/α-hetero) is 1. The highest BCUT2D eigenvalue weighted by Crippen LogP contribution is 2.43. The molecule has 54 heavy (non-hydrogen) atoms. The van der Waals surface area contributed by atoms with Crippen molar-refractivity contribution in [1.29, 1.82) is 0 Å². The van der Waals surface area contributed by atoms with Crippen LogP contribution in [0.5, 0.6) is 0 Å². The summed E-state index contributed by atoms with van der Waals surface area (Å²) in [5, 5.41) is 11.8. The molecule has 4 N–H and O–H groups in total. The molecular formula is C41H63N7O6. The summed E-state index contributed by atoms with van der Waals surface area (Å²) in [4.78, 5) is 93.1. The van der Waals surface area contributed by atoms with E-state index in [2.05, 4.69) is 31.2 Å². The minimum Gasteiger partial charge on any atom is -0.347 e. The minimum absolute atomic E-state index is 0.0935. The van der Waals surface area contributed by atoms with E-state index in [9.17, 15) is 28.8 Å². The first-order chi connectivity index (χ1) is 25.8. The summed E-state index contributed by atoms with van der Waals surface area (Å²) in [7, 11) is 0. The Hall–Kier alpha value is -3.90. The van der Waals surface area contributed by atoms with E-state index in [1.807, 2.05) is 34.6 Å². The first-order valence-electron chi connectivity index (χ1n) is 20.6. The normalized spacial score (nSPS) is 24.4. The van der Waals surface area contributed by atoms with Crippen molar-refractivity contribution in [3.8, 4) is 0 Å². The van der Waals surface area contributed by atoms with Gasteiger partial charge >= 0.3 is 0 Å². The fourth-order valence-electron chi connectivity index (χ4n) is 9.41. The SMILES string of the molecule is CCC[C@@H](NC(=O)[C@@H]1[C@H]2CCC[C@H]2CN1C(=O)[C@H](NC(=O)[C@H](NC(=O)c1cnccn1)C1CCCCC1)C(C)(C)C)C(=O)C(=O)N[C@H](C)C1CCCCC1. The highest BCUT2D eigenvalue weighted by Gasteiger charge is 2.52. The number of carbonyl (C=O) groups excluding carboxylic acids is 6. The van der Waals surface area contributed by atoms with Gasteiger partial charge in [-0.2, -0.15) is 0 Å². The van der Waals surface area contributed by atoms with Gasteiger partial charge in [0, 0.05) is 25.0 Å². The van der Waals surface area contributed by atoms with Crippen molar-refractivity contribution in [1.82, 2.24) is 36.1 Å². The van der Waals surface area contributed by atoms with Crippen molar-refractivity contribution in [2.75, 3.05) is 6.54 Å². The summed E-state index contributed by atoms with van der Waals surface area (Å²) < 4.78 is 0. The number of carbonyl (C=O) groups is 6. The standard InChI is InChI=1S/C41H63N7O6/c1-6-14-30(34(49)39(53)44-25(2)26-15-9-7-10-16-26)45-38(52)33-29-20-13-19-28(29)24-48(33)40(54)35(41(3,4)5)47-37(51)32(27-17-11-8-12-18-27)46-36(50)31-23-42-21-22-43-31/h21-23,25-30,32-33,35H,6-20,24H2,1-5H3,(H,44,53)(H,45,52)(H,46,50)(H,47,51)/t25-,28+,29+,30-,32-,33+,35+/m1/s1. The zero-order valence-corrected chi connectivity index (χ0v) is 33.0. The quantitative estimate of drug-likeness (QED) is 0.204. The molecule has 0 bridgehead atoms. The molecule has 5 rings (SSSR count). The average Bonchev–Trinajstić information content (AvgIpc) is 3.77. The van der Waals surface area contributed by atoms with Crippen molar-refractivity contribution in [2.24, 2.45) is 29.1 Å². The van der Waals surface area contributed by atoms with E-state index >= 15 is 0 Å². The lowest BCUT2D eigenvalue weighted by molar-refractivity contribution is -0.146. The maximum absolute atomic E-state index is 14.7. The van der Waals surface area contributed by atoms with E-state index in [0.29, 0.717) is 25.3 Å². The van der Waals surface area contributed by atoms with E-state index in [1.54, 1.807) is 4.90 Å². The Morgan fingerprint density at radius 1 is 0.815 bits per heavy atom. The molecule has 4 aliphatic rings. The predicted molar refractivity (Wildman–Crippen MR) is 204 cm³/mol. The van der Waals surface area contributed by atoms with Crippen molar-refractivity contribution in [3.05, 3.63) is 24.3 Å². The monoisotopic (exact) mass is 749 g/mol. The van der Waals surface area contributed by atoms with Gasteiger partial charge in [0.25, 0.3) is 11.8 Å². The number of fused-ring (bicyclic) bond motifs is 1. The maximum Gasteiger partial charge on any atom is 0.289 e.